The number of H-pyrrole nitrogens is 1. The number of fused-ring (bicyclic) bond motifs is 4. The molecule has 2 aliphatic rings. The fourth-order valence-corrected chi connectivity index (χ4v) is 9.70. The maximum absolute atomic E-state index is 13.1. The van der Waals surface area contributed by atoms with E-state index in [0.29, 0.717) is 47.1 Å². The Hall–Kier alpha value is -7.51. The lowest BCUT2D eigenvalue weighted by Crippen LogP contribution is -2.48. The number of hydrogen-bond donors (Lipinski definition) is 3. The van der Waals surface area contributed by atoms with Gasteiger partial charge >= 0.3 is 0 Å². The highest BCUT2D eigenvalue weighted by molar-refractivity contribution is 7.99. The van der Waals surface area contributed by atoms with Crippen LogP contribution in [0.3, 0.4) is 0 Å². The van der Waals surface area contributed by atoms with Gasteiger partial charge in [0, 0.05) is 78.1 Å². The van der Waals surface area contributed by atoms with Crippen molar-refractivity contribution in [3.05, 3.63) is 143 Å². The summed E-state index contributed by atoms with van der Waals surface area (Å²) < 4.78 is 12.0. The van der Waals surface area contributed by atoms with Crippen molar-refractivity contribution in [2.45, 2.75) is 41.6 Å². The van der Waals surface area contributed by atoms with E-state index in [4.69, 9.17) is 9.05 Å². The Morgan fingerprint density at radius 2 is 1.20 bits per heavy atom. The molecule has 4 aromatic heterocycles. The van der Waals surface area contributed by atoms with Gasteiger partial charge in [-0.15, -0.1) is 23.5 Å². The number of carbonyl (C=O) groups is 5. The van der Waals surface area contributed by atoms with Gasteiger partial charge in [0.1, 0.15) is 23.6 Å². The Kier molecular flexibility index (Phi) is 12.0. The number of hydrogen-bond acceptors (Lipinski definition) is 13. The lowest BCUT2D eigenvalue weighted by molar-refractivity contribution is -0.120. The van der Waals surface area contributed by atoms with Gasteiger partial charge in [0.25, 0.3) is 11.8 Å². The molecule has 0 fully saturated rings. The summed E-state index contributed by atoms with van der Waals surface area (Å²) in [6.07, 6.45) is 4.38. The highest BCUT2D eigenvalue weighted by Gasteiger charge is 2.33. The van der Waals surface area contributed by atoms with Crippen LogP contribution in [0, 0.1) is 0 Å². The molecule has 0 saturated heterocycles. The van der Waals surface area contributed by atoms with Gasteiger partial charge in [0.05, 0.1) is 34.8 Å². The van der Waals surface area contributed by atoms with E-state index in [2.05, 4.69) is 36.2 Å². The van der Waals surface area contributed by atoms with Crippen LogP contribution in [0.5, 0.6) is 0 Å². The van der Waals surface area contributed by atoms with Crippen LogP contribution in [0.2, 0.25) is 0 Å². The number of carbonyl (C=O) groups excluding carboxylic acids is 5. The van der Waals surface area contributed by atoms with Crippen LogP contribution in [0.4, 0.5) is 11.4 Å². The molecular formula is C46H40N10O7S2. The van der Waals surface area contributed by atoms with E-state index in [9.17, 15) is 24.0 Å². The zero-order valence-electron chi connectivity index (χ0n) is 35.2. The molecule has 0 saturated carbocycles. The molecule has 2 aliphatic heterocycles. The zero-order valence-corrected chi connectivity index (χ0v) is 36.8. The summed E-state index contributed by atoms with van der Waals surface area (Å²) in [6, 6.07) is 28.9. The molecule has 0 aliphatic carbocycles. The standard InChI is InChI=1S/C24H21N5O4S.C22H19N5O3S/c1-14(30)29-20-11-22-21(9-16(20)12-25-29)28(2)24(32)19(13-34-22)26-23(31)18-10-17(33-27-18)8-15-6-4-3-5-7-15;1-27-19-8-14-11-23-25-16(14)10-20(19)31-12-18(22(27)29)24-21(28)17-9-15(30-26-17)7-13-5-3-2-4-6-13/h3-7,9-12,19H,8,13H2,1-2H3,(H,26,31);2-6,8-11,18H,7,12H2,1H3,(H,23,25)(H,24,28)/t19-;18-/m00/s1. The fourth-order valence-electron chi connectivity index (χ4n) is 7.47. The first kappa shape index (κ1) is 42.8. The number of amides is 4. The van der Waals surface area contributed by atoms with Gasteiger partial charge in [0.15, 0.2) is 11.4 Å². The number of aromatic nitrogens is 6. The van der Waals surface area contributed by atoms with Gasteiger partial charge in [-0.1, -0.05) is 71.0 Å². The maximum Gasteiger partial charge on any atom is 0.274 e. The van der Waals surface area contributed by atoms with Crippen molar-refractivity contribution in [3.63, 3.8) is 0 Å². The molecule has 0 radical (unpaired) electrons. The molecule has 4 aromatic carbocycles. The van der Waals surface area contributed by atoms with Crippen LogP contribution in [0.1, 0.15) is 55.3 Å². The molecule has 0 unspecified atom stereocenters. The zero-order chi connectivity index (χ0) is 45.2. The van der Waals surface area contributed by atoms with Crippen molar-refractivity contribution in [1.82, 2.24) is 40.9 Å². The SMILES string of the molecule is CC(=O)n1ncc2cc3c(cc21)SC[C@H](NC(=O)c1cc(Cc2ccccc2)on1)C(=O)N3C.CN1C(=O)[C@@H](NC(=O)c2cc(Cc3ccccc3)on2)CSc2cc3[nH]ncc3cc21. The van der Waals surface area contributed by atoms with Crippen molar-refractivity contribution in [2.24, 2.45) is 0 Å². The molecule has 10 rings (SSSR count). The minimum Gasteiger partial charge on any atom is -0.360 e. The topological polar surface area (TPSA) is 214 Å². The van der Waals surface area contributed by atoms with Gasteiger partial charge in [-0.2, -0.15) is 10.2 Å². The minimum absolute atomic E-state index is 0.125. The Morgan fingerprint density at radius 1 is 0.692 bits per heavy atom. The number of nitrogens with one attached hydrogen (secondary N) is 3. The molecule has 65 heavy (non-hydrogen) atoms. The third-order valence-corrected chi connectivity index (χ3v) is 13.2. The van der Waals surface area contributed by atoms with Gasteiger partial charge in [0.2, 0.25) is 17.7 Å². The minimum atomic E-state index is -0.753. The van der Waals surface area contributed by atoms with Gasteiger partial charge in [-0.05, 0) is 35.4 Å². The quantitative estimate of drug-likeness (QED) is 0.156. The van der Waals surface area contributed by atoms with E-state index in [-0.39, 0.29) is 29.1 Å². The Balaban J connectivity index is 0.000000165. The van der Waals surface area contributed by atoms with E-state index in [1.54, 1.807) is 43.5 Å². The molecule has 2 atom stereocenters. The molecule has 6 heterocycles. The predicted molar refractivity (Wildman–Crippen MR) is 244 cm³/mol. The number of nitrogens with zero attached hydrogens (tertiary/aromatic N) is 7. The summed E-state index contributed by atoms with van der Waals surface area (Å²) in [5.74, 6) is 0.368. The van der Waals surface area contributed by atoms with Gasteiger partial charge in [-0.25, -0.2) is 4.68 Å². The highest BCUT2D eigenvalue weighted by atomic mass is 32.2. The molecule has 4 amide bonds. The van der Waals surface area contributed by atoms with E-state index >= 15 is 0 Å². The van der Waals surface area contributed by atoms with E-state index in [0.717, 1.165) is 42.9 Å². The third kappa shape index (κ3) is 9.14. The summed E-state index contributed by atoms with van der Waals surface area (Å²) in [4.78, 5) is 68.5. The second-order valence-corrected chi connectivity index (χ2v) is 17.5. The lowest BCUT2D eigenvalue weighted by Gasteiger charge is -2.21. The number of thioether (sulfide) groups is 2. The summed E-state index contributed by atoms with van der Waals surface area (Å²) >= 11 is 2.95. The Morgan fingerprint density at radius 3 is 1.72 bits per heavy atom. The number of rotatable bonds is 8. The van der Waals surface area contributed by atoms with Crippen LogP contribution in [-0.4, -0.2) is 97.5 Å². The van der Waals surface area contributed by atoms with Crippen molar-refractivity contribution in [1.29, 1.82) is 0 Å². The first-order valence-corrected chi connectivity index (χ1v) is 22.4. The average molecular weight is 909 g/mol. The number of likely N-dealkylation sites (N-methyl/N-ethyl adjacent to an activating group) is 2. The van der Waals surface area contributed by atoms with Crippen molar-refractivity contribution < 1.29 is 33.0 Å². The molecule has 17 nitrogen and oxygen atoms in total. The number of anilines is 2. The monoisotopic (exact) mass is 908 g/mol. The van der Waals surface area contributed by atoms with Crippen LogP contribution in [0.25, 0.3) is 21.8 Å². The largest absolute Gasteiger partial charge is 0.360 e. The van der Waals surface area contributed by atoms with Crippen molar-refractivity contribution in [2.75, 3.05) is 35.4 Å². The molecule has 0 spiro atoms. The maximum atomic E-state index is 13.1. The Bertz CT molecular complexity index is 3090. The average Bonchev–Trinajstić information content (AvgIpc) is 4.14. The Labute approximate surface area is 379 Å². The summed E-state index contributed by atoms with van der Waals surface area (Å²) in [5.41, 5.74) is 5.47. The van der Waals surface area contributed by atoms with Gasteiger partial charge < -0.3 is 29.5 Å². The summed E-state index contributed by atoms with van der Waals surface area (Å²) in [6.45, 7) is 1.45. The second-order valence-electron chi connectivity index (χ2n) is 15.4. The van der Waals surface area contributed by atoms with Crippen molar-refractivity contribution >= 4 is 86.2 Å². The fraction of sp³-hybridized carbons (Fsp3) is 0.196. The predicted octanol–water partition coefficient (Wildman–Crippen LogP) is 6.15. The molecule has 3 N–H and O–H groups in total. The molecule has 8 aromatic rings. The van der Waals surface area contributed by atoms with E-state index in [1.807, 2.05) is 84.9 Å². The molecular weight excluding hydrogens is 869 g/mol. The van der Waals surface area contributed by atoms with Gasteiger partial charge in [-0.3, -0.25) is 29.1 Å². The first-order chi connectivity index (χ1) is 31.5. The van der Waals surface area contributed by atoms with Crippen LogP contribution >= 0.6 is 23.5 Å². The second kappa shape index (κ2) is 18.3. The van der Waals surface area contributed by atoms with Crippen LogP contribution in [0.15, 0.2) is 128 Å². The summed E-state index contributed by atoms with van der Waals surface area (Å²) in [5, 5.41) is 26.2. The smallest absolute Gasteiger partial charge is 0.274 e. The first-order valence-electron chi connectivity index (χ1n) is 20.4. The number of benzene rings is 4. The summed E-state index contributed by atoms with van der Waals surface area (Å²) in [7, 11) is 3.38. The lowest BCUT2D eigenvalue weighted by atomic mass is 10.1. The third-order valence-electron chi connectivity index (χ3n) is 10.9. The van der Waals surface area contributed by atoms with E-state index < -0.39 is 23.9 Å². The molecule has 328 valence electrons. The number of aromatic amines is 1. The highest BCUT2D eigenvalue weighted by Crippen LogP contribution is 2.38. The molecule has 0 bridgehead atoms. The van der Waals surface area contributed by atoms with E-state index in [1.165, 1.54) is 40.0 Å². The molecule has 19 heteroatoms. The van der Waals surface area contributed by atoms with Crippen LogP contribution < -0.4 is 20.4 Å². The normalized spacial score (nSPS) is 16.0. The van der Waals surface area contributed by atoms with Crippen molar-refractivity contribution in [3.8, 4) is 0 Å². The van der Waals surface area contributed by atoms with Crippen LogP contribution in [-0.2, 0) is 22.4 Å².